The number of benzene rings is 2. The Labute approximate surface area is 186 Å². The Morgan fingerprint density at radius 3 is 2.62 bits per heavy atom. The van der Waals surface area contributed by atoms with Crippen LogP contribution in [0.1, 0.15) is 40.7 Å². The van der Waals surface area contributed by atoms with Crippen LogP contribution in [0.2, 0.25) is 0 Å². The second kappa shape index (κ2) is 8.24. The highest BCUT2D eigenvalue weighted by molar-refractivity contribution is 5.95. The first-order chi connectivity index (χ1) is 15.5. The van der Waals surface area contributed by atoms with Crippen molar-refractivity contribution in [3.8, 4) is 11.3 Å². The van der Waals surface area contributed by atoms with Crippen LogP contribution >= 0.6 is 0 Å². The molecule has 0 saturated heterocycles. The summed E-state index contributed by atoms with van der Waals surface area (Å²) in [6.07, 6.45) is 4.62. The highest BCUT2D eigenvalue weighted by Gasteiger charge is 2.24. The molecular weight excluding hydrogens is 402 g/mol. The van der Waals surface area contributed by atoms with E-state index in [1.807, 2.05) is 30.5 Å². The van der Waals surface area contributed by atoms with E-state index in [4.69, 9.17) is 10.1 Å². The zero-order valence-electron chi connectivity index (χ0n) is 18.4. The standard InChI is InChI=1S/C25H27N5O2/c1-15-12-20-21(13-16(15)2)30-22(14-27-24(30)23(29-20)26-10-3-11-31)17-4-6-18(7-5-17)25(32)28-19-8-9-19/h4-7,12-14,19,31H,3,8-11H2,1-2H3,(H,26,29)(H,28,32). The first kappa shape index (κ1) is 20.5. The molecule has 7 nitrogen and oxygen atoms in total. The summed E-state index contributed by atoms with van der Waals surface area (Å²) in [5, 5.41) is 15.5. The number of imidazole rings is 1. The second-order valence-corrected chi connectivity index (χ2v) is 8.52. The molecule has 2 aromatic carbocycles. The number of anilines is 1. The molecule has 2 aromatic heterocycles. The predicted octanol–water partition coefficient (Wildman–Crippen LogP) is 3.85. The van der Waals surface area contributed by atoms with E-state index in [1.165, 1.54) is 11.1 Å². The van der Waals surface area contributed by atoms with E-state index in [-0.39, 0.29) is 12.5 Å². The molecule has 1 aliphatic carbocycles. The minimum Gasteiger partial charge on any atom is -0.396 e. The molecule has 0 radical (unpaired) electrons. The molecular formula is C25H27N5O2. The van der Waals surface area contributed by atoms with Crippen LogP contribution in [0.3, 0.4) is 0 Å². The summed E-state index contributed by atoms with van der Waals surface area (Å²) in [5.41, 5.74) is 7.56. The van der Waals surface area contributed by atoms with Gasteiger partial charge in [-0.2, -0.15) is 0 Å². The van der Waals surface area contributed by atoms with Crippen molar-refractivity contribution in [3.63, 3.8) is 0 Å². The molecule has 164 valence electrons. The molecule has 32 heavy (non-hydrogen) atoms. The molecule has 1 amide bonds. The van der Waals surface area contributed by atoms with E-state index in [0.717, 1.165) is 40.8 Å². The van der Waals surface area contributed by atoms with Crippen molar-refractivity contribution in [1.29, 1.82) is 0 Å². The summed E-state index contributed by atoms with van der Waals surface area (Å²) in [5.74, 6) is 0.675. The van der Waals surface area contributed by atoms with Crippen LogP contribution < -0.4 is 10.6 Å². The van der Waals surface area contributed by atoms with Gasteiger partial charge in [0.05, 0.1) is 22.9 Å². The van der Waals surface area contributed by atoms with Crippen molar-refractivity contribution < 1.29 is 9.90 Å². The monoisotopic (exact) mass is 429 g/mol. The summed E-state index contributed by atoms with van der Waals surface area (Å²) >= 11 is 0. The van der Waals surface area contributed by atoms with E-state index < -0.39 is 0 Å². The number of hydrogen-bond donors (Lipinski definition) is 3. The first-order valence-corrected chi connectivity index (χ1v) is 11.1. The lowest BCUT2D eigenvalue weighted by atomic mass is 10.1. The Morgan fingerprint density at radius 1 is 1.16 bits per heavy atom. The molecule has 1 fully saturated rings. The van der Waals surface area contributed by atoms with Gasteiger partial charge in [-0.3, -0.25) is 9.20 Å². The van der Waals surface area contributed by atoms with Crippen LogP contribution in [-0.4, -0.2) is 44.6 Å². The van der Waals surface area contributed by atoms with Gasteiger partial charge in [0, 0.05) is 30.3 Å². The number of aromatic nitrogens is 3. The zero-order valence-corrected chi connectivity index (χ0v) is 18.4. The lowest BCUT2D eigenvalue weighted by Crippen LogP contribution is -2.25. The third-order valence-corrected chi connectivity index (χ3v) is 6.02. The SMILES string of the molecule is Cc1cc2nc(NCCCO)c3ncc(-c4ccc(C(=O)NC5CC5)cc4)n3c2cc1C. The number of aliphatic hydroxyl groups is 1. The lowest BCUT2D eigenvalue weighted by Gasteiger charge is -2.13. The summed E-state index contributed by atoms with van der Waals surface area (Å²) in [4.78, 5) is 21.9. The van der Waals surface area contributed by atoms with Gasteiger partial charge in [0.15, 0.2) is 11.5 Å². The van der Waals surface area contributed by atoms with Crippen LogP contribution in [0.4, 0.5) is 5.82 Å². The van der Waals surface area contributed by atoms with E-state index in [2.05, 4.69) is 46.0 Å². The summed E-state index contributed by atoms with van der Waals surface area (Å²) in [6.45, 7) is 4.91. The summed E-state index contributed by atoms with van der Waals surface area (Å²) in [6, 6.07) is 12.2. The second-order valence-electron chi connectivity index (χ2n) is 8.52. The van der Waals surface area contributed by atoms with E-state index >= 15 is 0 Å². The number of fused-ring (bicyclic) bond motifs is 3. The lowest BCUT2D eigenvalue weighted by molar-refractivity contribution is 0.0951. The van der Waals surface area contributed by atoms with Gasteiger partial charge in [0.2, 0.25) is 0 Å². The molecule has 0 unspecified atom stereocenters. The van der Waals surface area contributed by atoms with Gasteiger partial charge in [-0.25, -0.2) is 9.97 Å². The van der Waals surface area contributed by atoms with Crippen LogP contribution in [-0.2, 0) is 0 Å². The maximum absolute atomic E-state index is 12.4. The Hall–Kier alpha value is -3.45. The minimum absolute atomic E-state index is 0.0201. The van der Waals surface area contributed by atoms with Crippen molar-refractivity contribution in [1.82, 2.24) is 19.7 Å². The Morgan fingerprint density at radius 2 is 1.91 bits per heavy atom. The predicted molar refractivity (Wildman–Crippen MR) is 126 cm³/mol. The van der Waals surface area contributed by atoms with Crippen LogP contribution in [0, 0.1) is 13.8 Å². The summed E-state index contributed by atoms with van der Waals surface area (Å²) < 4.78 is 2.12. The molecule has 1 aliphatic rings. The molecule has 0 aliphatic heterocycles. The fourth-order valence-corrected chi connectivity index (χ4v) is 3.88. The molecule has 5 rings (SSSR count). The Bertz CT molecular complexity index is 1310. The highest BCUT2D eigenvalue weighted by Crippen LogP contribution is 2.30. The van der Waals surface area contributed by atoms with Crippen molar-refractivity contribution in [2.24, 2.45) is 0 Å². The molecule has 0 bridgehead atoms. The normalized spacial score (nSPS) is 13.6. The third-order valence-electron chi connectivity index (χ3n) is 6.02. The zero-order chi connectivity index (χ0) is 22.2. The van der Waals surface area contributed by atoms with Crippen molar-refractivity contribution in [2.45, 2.75) is 39.2 Å². The fraction of sp³-hybridized carbons (Fsp3) is 0.320. The van der Waals surface area contributed by atoms with Crippen LogP contribution in [0.5, 0.6) is 0 Å². The van der Waals surface area contributed by atoms with Crippen LogP contribution in [0.15, 0.2) is 42.6 Å². The topological polar surface area (TPSA) is 91.6 Å². The molecule has 1 saturated carbocycles. The van der Waals surface area contributed by atoms with Gasteiger partial charge in [0.25, 0.3) is 5.91 Å². The first-order valence-electron chi connectivity index (χ1n) is 11.1. The molecule has 4 aromatic rings. The Kier molecular flexibility index (Phi) is 5.27. The number of carbonyl (C=O) groups is 1. The highest BCUT2D eigenvalue weighted by atomic mass is 16.3. The third kappa shape index (κ3) is 3.80. The summed E-state index contributed by atoms with van der Waals surface area (Å²) in [7, 11) is 0. The van der Waals surface area contributed by atoms with Crippen molar-refractivity contribution in [3.05, 3.63) is 59.3 Å². The maximum atomic E-state index is 12.4. The quantitative estimate of drug-likeness (QED) is 0.388. The van der Waals surface area contributed by atoms with Gasteiger partial charge in [-0.15, -0.1) is 0 Å². The average Bonchev–Trinajstić information content (AvgIpc) is 3.49. The minimum atomic E-state index is -0.0201. The average molecular weight is 430 g/mol. The number of hydrogen-bond acceptors (Lipinski definition) is 5. The van der Waals surface area contributed by atoms with E-state index in [0.29, 0.717) is 30.4 Å². The van der Waals surface area contributed by atoms with Gasteiger partial charge < -0.3 is 15.7 Å². The molecule has 0 atom stereocenters. The van der Waals surface area contributed by atoms with Gasteiger partial charge in [0.1, 0.15) is 0 Å². The van der Waals surface area contributed by atoms with Crippen LogP contribution in [0.25, 0.3) is 27.9 Å². The number of amides is 1. The van der Waals surface area contributed by atoms with Crippen molar-refractivity contribution in [2.75, 3.05) is 18.5 Å². The number of aliphatic hydroxyl groups excluding tert-OH is 1. The Balaban J connectivity index is 1.61. The number of carbonyl (C=O) groups excluding carboxylic acids is 1. The largest absolute Gasteiger partial charge is 0.396 e. The maximum Gasteiger partial charge on any atom is 0.251 e. The molecule has 7 heteroatoms. The number of nitrogens with one attached hydrogen (secondary N) is 2. The number of nitrogens with zero attached hydrogens (tertiary/aromatic N) is 3. The van der Waals surface area contributed by atoms with E-state index in [9.17, 15) is 4.79 Å². The molecule has 0 spiro atoms. The number of rotatable bonds is 7. The van der Waals surface area contributed by atoms with E-state index in [1.54, 1.807) is 0 Å². The fourth-order valence-electron chi connectivity index (χ4n) is 3.88. The van der Waals surface area contributed by atoms with Crippen molar-refractivity contribution >= 4 is 28.4 Å². The van der Waals surface area contributed by atoms with Gasteiger partial charge in [-0.1, -0.05) is 12.1 Å². The van der Waals surface area contributed by atoms with Gasteiger partial charge >= 0.3 is 0 Å². The molecule has 3 N–H and O–H groups in total. The molecule has 2 heterocycles. The number of aryl methyl sites for hydroxylation is 2. The van der Waals surface area contributed by atoms with Gasteiger partial charge in [-0.05, 0) is 68.5 Å². The smallest absolute Gasteiger partial charge is 0.251 e.